The first kappa shape index (κ1) is 9.85. The highest BCUT2D eigenvalue weighted by Gasteiger charge is 1.51. The van der Waals surface area contributed by atoms with Crippen molar-refractivity contribution in [2.45, 2.75) is 13.8 Å². The van der Waals surface area contributed by atoms with Crippen molar-refractivity contribution in [1.29, 1.82) is 0 Å². The van der Waals surface area contributed by atoms with Crippen LogP contribution in [-0.4, -0.2) is 14.1 Å². The maximum atomic E-state index is 3.56. The zero-order valence-corrected chi connectivity index (χ0v) is 5.71. The van der Waals surface area contributed by atoms with Gasteiger partial charge in [0.05, 0.1) is 0 Å². The highest BCUT2D eigenvalue weighted by Crippen LogP contribution is 1.73. The zero-order valence-electron chi connectivity index (χ0n) is 5.71. The Kier molecular flexibility index (Phi) is 12.9. The molecule has 0 unspecified atom stereocenters. The van der Waals surface area contributed by atoms with Gasteiger partial charge in [0.15, 0.2) is 0 Å². The molecule has 0 saturated carbocycles. The van der Waals surface area contributed by atoms with Crippen molar-refractivity contribution in [2.75, 3.05) is 14.1 Å². The van der Waals surface area contributed by atoms with E-state index in [2.05, 4.69) is 11.9 Å². The van der Waals surface area contributed by atoms with E-state index in [-0.39, 0.29) is 0 Å². The van der Waals surface area contributed by atoms with Gasteiger partial charge in [-0.1, -0.05) is 5.57 Å². The smallest absolute Gasteiger partial charge is 0.0167 e. The molecule has 0 bridgehead atoms. The number of rotatable bonds is 0. The molecule has 0 aromatic carbocycles. The van der Waals surface area contributed by atoms with Crippen molar-refractivity contribution >= 4 is 0 Å². The van der Waals surface area contributed by atoms with Crippen LogP contribution < -0.4 is 5.32 Å². The lowest BCUT2D eigenvalue weighted by atomic mass is 10.4. The van der Waals surface area contributed by atoms with Crippen molar-refractivity contribution in [3.05, 3.63) is 12.2 Å². The lowest BCUT2D eigenvalue weighted by molar-refractivity contribution is 1.02. The molecular weight excluding hydrogens is 86.1 g/mol. The Bertz CT molecular complexity index is 35.4. The lowest BCUT2D eigenvalue weighted by Crippen LogP contribution is -1.89. The van der Waals surface area contributed by atoms with E-state index in [1.807, 2.05) is 27.9 Å². The first-order chi connectivity index (χ1) is 3.15. The van der Waals surface area contributed by atoms with Gasteiger partial charge in [-0.25, -0.2) is 0 Å². The van der Waals surface area contributed by atoms with Gasteiger partial charge in [-0.15, -0.1) is 6.58 Å². The first-order valence-electron chi connectivity index (χ1n) is 2.35. The minimum absolute atomic E-state index is 1.17. The molecule has 0 aliphatic carbocycles. The fraction of sp³-hybridized carbons (Fsp3) is 0.667. The maximum absolute atomic E-state index is 3.56. The summed E-state index contributed by atoms with van der Waals surface area (Å²) in [5.74, 6) is 0. The molecule has 7 heavy (non-hydrogen) atoms. The quantitative estimate of drug-likeness (QED) is 0.455. The summed E-state index contributed by atoms with van der Waals surface area (Å²) in [6, 6.07) is 0. The Balaban J connectivity index is 0. The molecule has 44 valence electrons. The molecule has 0 amide bonds. The molecule has 1 N–H and O–H groups in total. The Labute approximate surface area is 46.4 Å². The molecule has 0 spiro atoms. The van der Waals surface area contributed by atoms with Gasteiger partial charge >= 0.3 is 0 Å². The fourth-order valence-corrected chi connectivity index (χ4v) is 0. The van der Waals surface area contributed by atoms with Crippen LogP contribution in [0.15, 0.2) is 12.2 Å². The summed E-state index contributed by atoms with van der Waals surface area (Å²) in [6.45, 7) is 7.50. The van der Waals surface area contributed by atoms with Gasteiger partial charge in [-0.05, 0) is 27.9 Å². The second-order valence-electron chi connectivity index (χ2n) is 1.71. The van der Waals surface area contributed by atoms with Crippen molar-refractivity contribution < 1.29 is 0 Å². The monoisotopic (exact) mass is 101 g/mol. The van der Waals surface area contributed by atoms with Gasteiger partial charge in [-0.3, -0.25) is 0 Å². The summed E-state index contributed by atoms with van der Waals surface area (Å²) in [4.78, 5) is 0. The first-order valence-corrected chi connectivity index (χ1v) is 2.35. The molecule has 0 radical (unpaired) electrons. The Morgan fingerprint density at radius 1 is 1.29 bits per heavy atom. The Morgan fingerprint density at radius 2 is 1.29 bits per heavy atom. The van der Waals surface area contributed by atoms with E-state index in [9.17, 15) is 0 Å². The minimum Gasteiger partial charge on any atom is -0.323 e. The van der Waals surface area contributed by atoms with E-state index in [4.69, 9.17) is 0 Å². The minimum atomic E-state index is 1.17. The standard InChI is InChI=1S/C4H8.C2H7N/c1-4(2)3;1-3-2/h1H2,2-3H3;3H,1-2H3. The van der Waals surface area contributed by atoms with Crippen LogP contribution in [0.5, 0.6) is 0 Å². The molecule has 0 aromatic rings. The normalized spacial score (nSPS) is 6.29. The summed E-state index contributed by atoms with van der Waals surface area (Å²) >= 11 is 0. The summed E-state index contributed by atoms with van der Waals surface area (Å²) in [7, 11) is 3.75. The van der Waals surface area contributed by atoms with E-state index in [1.54, 1.807) is 0 Å². The van der Waals surface area contributed by atoms with Crippen LogP contribution in [-0.2, 0) is 0 Å². The molecule has 0 aliphatic rings. The summed E-state index contributed by atoms with van der Waals surface area (Å²) in [5, 5.41) is 2.75. The predicted octanol–water partition coefficient (Wildman–Crippen LogP) is 1.42. The van der Waals surface area contributed by atoms with Crippen molar-refractivity contribution in [3.8, 4) is 0 Å². The molecule has 1 nitrogen and oxygen atoms in total. The molecule has 1 heteroatoms. The van der Waals surface area contributed by atoms with Crippen molar-refractivity contribution in [3.63, 3.8) is 0 Å². The topological polar surface area (TPSA) is 12.0 Å². The van der Waals surface area contributed by atoms with Crippen molar-refractivity contribution in [1.82, 2.24) is 5.32 Å². The molecule has 0 heterocycles. The maximum Gasteiger partial charge on any atom is -0.0167 e. The van der Waals surface area contributed by atoms with E-state index in [1.165, 1.54) is 5.57 Å². The summed E-state index contributed by atoms with van der Waals surface area (Å²) in [5.41, 5.74) is 1.17. The van der Waals surface area contributed by atoms with Gasteiger partial charge in [0.25, 0.3) is 0 Å². The highest BCUT2D eigenvalue weighted by molar-refractivity contribution is 4.78. The molecule has 0 fully saturated rings. The largest absolute Gasteiger partial charge is 0.323 e. The van der Waals surface area contributed by atoms with Gasteiger partial charge < -0.3 is 5.32 Å². The van der Waals surface area contributed by atoms with E-state index < -0.39 is 0 Å². The molecule has 0 atom stereocenters. The van der Waals surface area contributed by atoms with Gasteiger partial charge in [0, 0.05) is 0 Å². The third-order valence-corrected chi connectivity index (χ3v) is 0. The predicted molar refractivity (Wildman–Crippen MR) is 35.5 cm³/mol. The van der Waals surface area contributed by atoms with Gasteiger partial charge in [0.1, 0.15) is 0 Å². The van der Waals surface area contributed by atoms with Gasteiger partial charge in [0.2, 0.25) is 0 Å². The van der Waals surface area contributed by atoms with Crippen LogP contribution >= 0.6 is 0 Å². The number of hydrogen-bond donors (Lipinski definition) is 1. The Hall–Kier alpha value is -0.300. The number of nitrogens with one attached hydrogen (secondary N) is 1. The lowest BCUT2D eigenvalue weighted by Gasteiger charge is -1.65. The molecule has 0 aliphatic heterocycles. The molecular formula is C6H15N. The number of allylic oxidation sites excluding steroid dienone is 1. The van der Waals surface area contributed by atoms with Crippen LogP contribution in [0.1, 0.15) is 13.8 Å². The van der Waals surface area contributed by atoms with Crippen molar-refractivity contribution in [2.24, 2.45) is 0 Å². The second-order valence-corrected chi connectivity index (χ2v) is 1.71. The number of hydrogen-bond acceptors (Lipinski definition) is 1. The summed E-state index contributed by atoms with van der Waals surface area (Å²) < 4.78 is 0. The van der Waals surface area contributed by atoms with E-state index in [0.717, 1.165) is 0 Å². The molecule has 0 saturated heterocycles. The average Bonchev–Trinajstić information content (AvgIpc) is 1.33. The van der Waals surface area contributed by atoms with Crippen LogP contribution in [0.2, 0.25) is 0 Å². The average molecular weight is 101 g/mol. The van der Waals surface area contributed by atoms with Crippen LogP contribution in [0, 0.1) is 0 Å². The Morgan fingerprint density at radius 3 is 1.29 bits per heavy atom. The fourth-order valence-electron chi connectivity index (χ4n) is 0. The van der Waals surface area contributed by atoms with Crippen LogP contribution in [0.3, 0.4) is 0 Å². The third kappa shape index (κ3) is 867. The highest BCUT2D eigenvalue weighted by atomic mass is 14.7. The van der Waals surface area contributed by atoms with E-state index in [0.29, 0.717) is 0 Å². The zero-order chi connectivity index (χ0) is 6.28. The second kappa shape index (κ2) is 9.20. The van der Waals surface area contributed by atoms with Crippen LogP contribution in [0.25, 0.3) is 0 Å². The molecule has 0 aromatic heterocycles. The van der Waals surface area contributed by atoms with E-state index >= 15 is 0 Å². The molecule has 0 rings (SSSR count). The van der Waals surface area contributed by atoms with Gasteiger partial charge in [-0.2, -0.15) is 0 Å². The SMILES string of the molecule is C=C(C)C.CNC. The van der Waals surface area contributed by atoms with Crippen LogP contribution in [0.4, 0.5) is 0 Å². The summed E-state index contributed by atoms with van der Waals surface area (Å²) in [6.07, 6.45) is 0. The third-order valence-electron chi connectivity index (χ3n) is 0.